The first-order valence-electron chi connectivity index (χ1n) is 4.02. The Kier molecular flexibility index (Phi) is 2.47. The van der Waals surface area contributed by atoms with Crippen molar-refractivity contribution in [1.29, 1.82) is 0 Å². The van der Waals surface area contributed by atoms with Crippen LogP contribution in [-0.4, -0.2) is 30.1 Å². The normalized spacial score (nSPS) is 31.0. The molecule has 1 aliphatic heterocycles. The smallest absolute Gasteiger partial charge is 0.254 e. The van der Waals surface area contributed by atoms with E-state index in [1.54, 1.807) is 4.90 Å². The Hall–Kier alpha value is -0.600. The van der Waals surface area contributed by atoms with Crippen LogP contribution in [0.2, 0.25) is 0 Å². The van der Waals surface area contributed by atoms with Gasteiger partial charge in [0.25, 0.3) is 5.91 Å². The molecule has 1 rings (SSSR count). The molecule has 0 aromatic carbocycles. The molecule has 0 N–H and O–H groups in total. The fraction of sp³-hybridized carbons (Fsp3) is 0.875. The van der Waals surface area contributed by atoms with Crippen LogP contribution in [-0.2, 0) is 4.79 Å². The zero-order valence-electron chi connectivity index (χ0n) is 7.01. The minimum absolute atomic E-state index is 0.221. The standard InChI is InChI=1S/C8H14FNO/c1-6-3-4-10(7(6)2)8(11)5-9/h6-7H,3-5H2,1-2H3. The van der Waals surface area contributed by atoms with E-state index < -0.39 is 6.67 Å². The summed E-state index contributed by atoms with van der Waals surface area (Å²) < 4.78 is 11.9. The van der Waals surface area contributed by atoms with Crippen LogP contribution in [0.15, 0.2) is 0 Å². The number of carbonyl (C=O) groups is 1. The van der Waals surface area contributed by atoms with Gasteiger partial charge >= 0.3 is 0 Å². The third-order valence-electron chi connectivity index (χ3n) is 2.58. The molecule has 0 bridgehead atoms. The van der Waals surface area contributed by atoms with E-state index in [4.69, 9.17) is 0 Å². The molecule has 1 aliphatic rings. The first-order valence-corrected chi connectivity index (χ1v) is 4.02. The van der Waals surface area contributed by atoms with Crippen LogP contribution < -0.4 is 0 Å². The Morgan fingerprint density at radius 2 is 2.27 bits per heavy atom. The van der Waals surface area contributed by atoms with Gasteiger partial charge in [0.05, 0.1) is 0 Å². The number of halogens is 1. The topological polar surface area (TPSA) is 20.3 Å². The molecular weight excluding hydrogens is 145 g/mol. The van der Waals surface area contributed by atoms with Crippen LogP contribution in [0.25, 0.3) is 0 Å². The third-order valence-corrected chi connectivity index (χ3v) is 2.58. The molecule has 0 spiro atoms. The van der Waals surface area contributed by atoms with E-state index in [9.17, 15) is 9.18 Å². The summed E-state index contributed by atoms with van der Waals surface area (Å²) in [4.78, 5) is 12.6. The van der Waals surface area contributed by atoms with Crippen molar-refractivity contribution < 1.29 is 9.18 Å². The SMILES string of the molecule is CC1CCN(C(=O)CF)C1C. The lowest BCUT2D eigenvalue weighted by molar-refractivity contribution is -0.132. The Morgan fingerprint density at radius 1 is 1.64 bits per heavy atom. The van der Waals surface area contributed by atoms with Gasteiger partial charge in [-0.15, -0.1) is 0 Å². The number of amides is 1. The average Bonchev–Trinajstić information content (AvgIpc) is 2.32. The van der Waals surface area contributed by atoms with Crippen LogP contribution in [0.1, 0.15) is 20.3 Å². The van der Waals surface area contributed by atoms with Crippen molar-refractivity contribution in [2.24, 2.45) is 5.92 Å². The highest BCUT2D eigenvalue weighted by Crippen LogP contribution is 2.22. The molecule has 2 atom stereocenters. The highest BCUT2D eigenvalue weighted by molar-refractivity contribution is 5.77. The zero-order valence-corrected chi connectivity index (χ0v) is 7.01. The van der Waals surface area contributed by atoms with Crippen LogP contribution in [0, 0.1) is 5.92 Å². The molecular formula is C8H14FNO. The van der Waals surface area contributed by atoms with E-state index in [-0.39, 0.29) is 11.9 Å². The number of hydrogen-bond acceptors (Lipinski definition) is 1. The van der Waals surface area contributed by atoms with Crippen LogP contribution in [0.4, 0.5) is 4.39 Å². The van der Waals surface area contributed by atoms with Gasteiger partial charge < -0.3 is 4.90 Å². The number of hydrogen-bond donors (Lipinski definition) is 0. The first kappa shape index (κ1) is 8.50. The summed E-state index contributed by atoms with van der Waals surface area (Å²) in [6.45, 7) is 3.95. The Balaban J connectivity index is 2.54. The largest absolute Gasteiger partial charge is 0.337 e. The second-order valence-corrected chi connectivity index (χ2v) is 3.23. The number of nitrogens with zero attached hydrogens (tertiary/aromatic N) is 1. The molecule has 0 radical (unpaired) electrons. The molecule has 0 aromatic heterocycles. The maximum absolute atomic E-state index is 11.9. The fourth-order valence-electron chi connectivity index (χ4n) is 1.52. The van der Waals surface area contributed by atoms with Gasteiger partial charge in [-0.2, -0.15) is 0 Å². The van der Waals surface area contributed by atoms with E-state index in [0.29, 0.717) is 5.92 Å². The van der Waals surface area contributed by atoms with Gasteiger partial charge in [0.2, 0.25) is 0 Å². The summed E-state index contributed by atoms with van der Waals surface area (Å²) in [7, 11) is 0. The molecule has 1 heterocycles. The van der Waals surface area contributed by atoms with Gasteiger partial charge in [0, 0.05) is 12.6 Å². The molecule has 1 amide bonds. The monoisotopic (exact) mass is 159 g/mol. The minimum Gasteiger partial charge on any atom is -0.337 e. The van der Waals surface area contributed by atoms with E-state index in [1.807, 2.05) is 6.92 Å². The van der Waals surface area contributed by atoms with Crippen LogP contribution in [0.5, 0.6) is 0 Å². The second kappa shape index (κ2) is 3.20. The second-order valence-electron chi connectivity index (χ2n) is 3.23. The number of likely N-dealkylation sites (tertiary alicyclic amines) is 1. The zero-order chi connectivity index (χ0) is 8.43. The van der Waals surface area contributed by atoms with Crippen molar-refractivity contribution in [2.45, 2.75) is 26.3 Å². The summed E-state index contributed by atoms with van der Waals surface area (Å²) >= 11 is 0. The number of rotatable bonds is 1. The maximum atomic E-state index is 11.9. The lowest BCUT2D eigenvalue weighted by atomic mass is 10.1. The van der Waals surface area contributed by atoms with E-state index >= 15 is 0 Å². The fourth-order valence-corrected chi connectivity index (χ4v) is 1.52. The van der Waals surface area contributed by atoms with Gasteiger partial charge in [0.15, 0.2) is 6.67 Å². The van der Waals surface area contributed by atoms with Crippen molar-refractivity contribution in [3.8, 4) is 0 Å². The van der Waals surface area contributed by atoms with E-state index in [0.717, 1.165) is 13.0 Å². The molecule has 0 aromatic rings. The molecule has 0 aliphatic carbocycles. The van der Waals surface area contributed by atoms with Crippen molar-refractivity contribution in [3.63, 3.8) is 0 Å². The molecule has 1 saturated heterocycles. The highest BCUT2D eigenvalue weighted by Gasteiger charge is 2.30. The van der Waals surface area contributed by atoms with Crippen molar-refractivity contribution >= 4 is 5.91 Å². The highest BCUT2D eigenvalue weighted by atomic mass is 19.1. The third kappa shape index (κ3) is 1.52. The van der Waals surface area contributed by atoms with Gasteiger partial charge in [-0.25, -0.2) is 4.39 Å². The Labute approximate surface area is 66.4 Å². The van der Waals surface area contributed by atoms with Crippen LogP contribution >= 0.6 is 0 Å². The predicted molar refractivity (Wildman–Crippen MR) is 40.9 cm³/mol. The van der Waals surface area contributed by atoms with Crippen molar-refractivity contribution in [2.75, 3.05) is 13.2 Å². The number of carbonyl (C=O) groups excluding carboxylic acids is 1. The first-order chi connectivity index (χ1) is 5.16. The van der Waals surface area contributed by atoms with E-state index in [1.165, 1.54) is 0 Å². The molecule has 64 valence electrons. The summed E-state index contributed by atoms with van der Waals surface area (Å²) in [6.07, 6.45) is 1.01. The average molecular weight is 159 g/mol. The Bertz CT molecular complexity index is 160. The van der Waals surface area contributed by atoms with Crippen molar-refractivity contribution in [1.82, 2.24) is 4.90 Å². The van der Waals surface area contributed by atoms with Gasteiger partial charge in [0.1, 0.15) is 0 Å². The predicted octanol–water partition coefficient (Wildman–Crippen LogP) is 1.21. The molecule has 2 unspecified atom stereocenters. The molecule has 11 heavy (non-hydrogen) atoms. The molecule has 0 saturated carbocycles. The quantitative estimate of drug-likeness (QED) is 0.563. The summed E-state index contributed by atoms with van der Waals surface area (Å²) in [5, 5.41) is 0. The van der Waals surface area contributed by atoms with Gasteiger partial charge in [-0.3, -0.25) is 4.79 Å². The lowest BCUT2D eigenvalue weighted by Crippen LogP contribution is -2.36. The molecule has 3 heteroatoms. The van der Waals surface area contributed by atoms with Crippen LogP contribution in [0.3, 0.4) is 0 Å². The molecule has 1 fully saturated rings. The Morgan fingerprint density at radius 3 is 2.64 bits per heavy atom. The van der Waals surface area contributed by atoms with Gasteiger partial charge in [-0.05, 0) is 19.3 Å². The maximum Gasteiger partial charge on any atom is 0.254 e. The van der Waals surface area contributed by atoms with E-state index in [2.05, 4.69) is 6.92 Å². The minimum atomic E-state index is -0.850. The van der Waals surface area contributed by atoms with Gasteiger partial charge in [-0.1, -0.05) is 6.92 Å². The number of alkyl halides is 1. The summed E-state index contributed by atoms with van der Waals surface area (Å²) in [6, 6.07) is 0.221. The summed E-state index contributed by atoms with van der Waals surface area (Å²) in [5.74, 6) is 0.160. The lowest BCUT2D eigenvalue weighted by Gasteiger charge is -2.21. The molecule has 2 nitrogen and oxygen atoms in total. The summed E-state index contributed by atoms with van der Waals surface area (Å²) in [5.41, 5.74) is 0. The van der Waals surface area contributed by atoms with Crippen molar-refractivity contribution in [3.05, 3.63) is 0 Å².